The average molecular weight is 450 g/mol. The van der Waals surface area contributed by atoms with Gasteiger partial charge in [0.05, 0.1) is 17.0 Å². The molecule has 0 saturated heterocycles. The van der Waals surface area contributed by atoms with Gasteiger partial charge in [0.1, 0.15) is 4.70 Å². The van der Waals surface area contributed by atoms with Gasteiger partial charge < -0.3 is 5.32 Å². The molecule has 31 heavy (non-hydrogen) atoms. The minimum absolute atomic E-state index is 0.109. The van der Waals surface area contributed by atoms with Crippen LogP contribution in [-0.4, -0.2) is 21.2 Å². The van der Waals surface area contributed by atoms with Crippen molar-refractivity contribution in [3.8, 4) is 5.69 Å². The monoisotopic (exact) mass is 449 g/mol. The fourth-order valence-electron chi connectivity index (χ4n) is 3.70. The number of amides is 1. The lowest BCUT2D eigenvalue weighted by molar-refractivity contribution is -0.113. The molecular weight excluding hydrogens is 426 g/mol. The Hall–Kier alpha value is -2.90. The molecule has 2 heterocycles. The number of aromatic nitrogens is 2. The molecule has 2 aromatic carbocycles. The molecule has 1 N–H and O–H groups in total. The topological polar surface area (TPSA) is 64.0 Å². The number of hydrogen-bond donors (Lipinski definition) is 1. The molecule has 2 aromatic heterocycles. The van der Waals surface area contributed by atoms with E-state index in [1.165, 1.54) is 23.1 Å². The van der Waals surface area contributed by atoms with Crippen LogP contribution in [0, 0.1) is 27.7 Å². The number of nitrogens with one attached hydrogen (secondary N) is 1. The highest BCUT2D eigenvalue weighted by molar-refractivity contribution is 7.99. The van der Waals surface area contributed by atoms with Crippen LogP contribution in [0.3, 0.4) is 0 Å². The predicted molar refractivity (Wildman–Crippen MR) is 130 cm³/mol. The number of benzene rings is 2. The SMILES string of the molecule is Cc1cc(C)c(NC(=O)CSc2nc3ccsc3c(=O)n2-c2ccccc2C)c(C)c1. The predicted octanol–water partition coefficient (Wildman–Crippen LogP) is 5.41. The summed E-state index contributed by atoms with van der Waals surface area (Å²) < 4.78 is 2.23. The molecule has 5 nitrogen and oxygen atoms in total. The lowest BCUT2D eigenvalue weighted by atomic mass is 10.1. The number of thioether (sulfide) groups is 1. The van der Waals surface area contributed by atoms with E-state index in [1.807, 2.05) is 63.4 Å². The third kappa shape index (κ3) is 4.29. The third-order valence-electron chi connectivity index (χ3n) is 5.08. The number of hydrogen-bond acceptors (Lipinski definition) is 5. The van der Waals surface area contributed by atoms with Gasteiger partial charge in [-0.15, -0.1) is 11.3 Å². The number of para-hydroxylation sites is 1. The quantitative estimate of drug-likeness (QED) is 0.327. The molecule has 0 radical (unpaired) electrons. The van der Waals surface area contributed by atoms with Crippen molar-refractivity contribution >= 4 is 44.9 Å². The molecule has 0 fully saturated rings. The second kappa shape index (κ2) is 8.69. The van der Waals surface area contributed by atoms with Gasteiger partial charge in [-0.1, -0.05) is 47.7 Å². The molecule has 158 valence electrons. The van der Waals surface area contributed by atoms with Crippen LogP contribution in [-0.2, 0) is 4.79 Å². The molecule has 0 atom stereocenters. The normalized spacial score (nSPS) is 11.1. The summed E-state index contributed by atoms with van der Waals surface area (Å²) in [5.74, 6) is 0.0248. The summed E-state index contributed by atoms with van der Waals surface area (Å²) in [6, 6.07) is 13.7. The fourth-order valence-corrected chi connectivity index (χ4v) is 5.26. The van der Waals surface area contributed by atoms with Crippen LogP contribution >= 0.6 is 23.1 Å². The summed E-state index contributed by atoms with van der Waals surface area (Å²) in [5, 5.41) is 5.40. The summed E-state index contributed by atoms with van der Waals surface area (Å²) >= 11 is 2.65. The van der Waals surface area contributed by atoms with Crippen LogP contribution in [0.2, 0.25) is 0 Å². The zero-order chi connectivity index (χ0) is 22.1. The van der Waals surface area contributed by atoms with E-state index in [0.717, 1.165) is 33.6 Å². The maximum atomic E-state index is 13.2. The minimum atomic E-state index is -0.129. The largest absolute Gasteiger partial charge is 0.325 e. The highest BCUT2D eigenvalue weighted by Crippen LogP contribution is 2.26. The molecule has 1 amide bonds. The molecule has 4 rings (SSSR count). The Balaban J connectivity index is 1.66. The first-order chi connectivity index (χ1) is 14.8. The highest BCUT2D eigenvalue weighted by atomic mass is 32.2. The van der Waals surface area contributed by atoms with Crippen molar-refractivity contribution in [2.75, 3.05) is 11.1 Å². The number of aryl methyl sites for hydroxylation is 4. The standard InChI is InChI=1S/C24H23N3O2S2/c1-14-11-16(3)21(17(4)12-14)26-20(28)13-31-24-25-18-9-10-30-22(18)23(29)27(24)19-8-6-5-7-15(19)2/h5-12H,13H2,1-4H3,(H,26,28). The van der Waals surface area contributed by atoms with Gasteiger partial charge in [0.15, 0.2) is 5.16 Å². The van der Waals surface area contributed by atoms with Gasteiger partial charge in [-0.25, -0.2) is 4.98 Å². The molecule has 0 saturated carbocycles. The fraction of sp³-hybridized carbons (Fsp3) is 0.208. The average Bonchev–Trinajstić information content (AvgIpc) is 3.19. The van der Waals surface area contributed by atoms with Gasteiger partial charge in [-0.05, 0) is 61.9 Å². The van der Waals surface area contributed by atoms with Crippen molar-refractivity contribution in [2.45, 2.75) is 32.9 Å². The van der Waals surface area contributed by atoms with Crippen LogP contribution in [0.5, 0.6) is 0 Å². The summed E-state index contributed by atoms with van der Waals surface area (Å²) in [7, 11) is 0. The van der Waals surface area contributed by atoms with Crippen molar-refractivity contribution in [3.63, 3.8) is 0 Å². The van der Waals surface area contributed by atoms with E-state index in [9.17, 15) is 9.59 Å². The number of carbonyl (C=O) groups excluding carboxylic acids is 1. The molecule has 4 aromatic rings. The van der Waals surface area contributed by atoms with Crippen molar-refractivity contribution in [2.24, 2.45) is 0 Å². The zero-order valence-corrected chi connectivity index (χ0v) is 19.5. The van der Waals surface area contributed by atoms with E-state index in [-0.39, 0.29) is 17.2 Å². The van der Waals surface area contributed by atoms with Crippen molar-refractivity contribution in [3.05, 3.63) is 80.5 Å². The first-order valence-electron chi connectivity index (χ1n) is 9.92. The lowest BCUT2D eigenvalue weighted by Gasteiger charge is -2.15. The van der Waals surface area contributed by atoms with E-state index in [0.29, 0.717) is 15.4 Å². The number of thiophene rings is 1. The van der Waals surface area contributed by atoms with Crippen LogP contribution in [0.1, 0.15) is 22.3 Å². The van der Waals surface area contributed by atoms with E-state index in [4.69, 9.17) is 4.98 Å². The Morgan fingerprint density at radius 1 is 1.06 bits per heavy atom. The molecule has 0 spiro atoms. The molecule has 0 bridgehead atoms. The van der Waals surface area contributed by atoms with Gasteiger partial charge in [-0.2, -0.15) is 0 Å². The Kier molecular flexibility index (Phi) is 5.98. The summed E-state index contributed by atoms with van der Waals surface area (Å²) in [4.78, 5) is 30.7. The van der Waals surface area contributed by atoms with Crippen molar-refractivity contribution in [1.82, 2.24) is 9.55 Å². The second-order valence-corrected chi connectivity index (χ2v) is 9.43. The summed E-state index contributed by atoms with van der Waals surface area (Å²) in [5.41, 5.74) is 6.38. The van der Waals surface area contributed by atoms with Crippen LogP contribution in [0.15, 0.2) is 57.8 Å². The number of carbonyl (C=O) groups is 1. The molecule has 0 aliphatic heterocycles. The first kappa shape index (κ1) is 21.3. The Bertz CT molecular complexity index is 1330. The van der Waals surface area contributed by atoms with Gasteiger partial charge in [0.25, 0.3) is 5.56 Å². The number of nitrogens with zero attached hydrogens (tertiary/aromatic N) is 2. The van der Waals surface area contributed by atoms with Gasteiger partial charge in [-0.3, -0.25) is 14.2 Å². The summed E-state index contributed by atoms with van der Waals surface area (Å²) in [6.45, 7) is 7.98. The van der Waals surface area contributed by atoms with Gasteiger partial charge in [0, 0.05) is 5.69 Å². The molecule has 0 unspecified atom stereocenters. The maximum Gasteiger partial charge on any atom is 0.276 e. The van der Waals surface area contributed by atoms with Gasteiger partial charge in [0.2, 0.25) is 5.91 Å². The van der Waals surface area contributed by atoms with Crippen molar-refractivity contribution in [1.29, 1.82) is 0 Å². The minimum Gasteiger partial charge on any atom is -0.325 e. The first-order valence-corrected chi connectivity index (χ1v) is 11.8. The van der Waals surface area contributed by atoms with E-state index in [1.54, 1.807) is 4.57 Å². The molecular formula is C24H23N3O2S2. The lowest BCUT2D eigenvalue weighted by Crippen LogP contribution is -2.23. The van der Waals surface area contributed by atoms with Crippen LogP contribution in [0.25, 0.3) is 15.9 Å². The maximum absolute atomic E-state index is 13.2. The summed E-state index contributed by atoms with van der Waals surface area (Å²) in [6.07, 6.45) is 0. The Morgan fingerprint density at radius 3 is 2.48 bits per heavy atom. The third-order valence-corrected chi connectivity index (χ3v) is 6.91. The Morgan fingerprint density at radius 2 is 1.77 bits per heavy atom. The molecule has 0 aliphatic rings. The number of fused-ring (bicyclic) bond motifs is 1. The second-order valence-electron chi connectivity index (χ2n) is 7.57. The smallest absolute Gasteiger partial charge is 0.276 e. The Labute approximate surface area is 189 Å². The zero-order valence-electron chi connectivity index (χ0n) is 17.9. The molecule has 7 heteroatoms. The van der Waals surface area contributed by atoms with Crippen LogP contribution in [0.4, 0.5) is 5.69 Å². The molecule has 0 aliphatic carbocycles. The van der Waals surface area contributed by atoms with Crippen molar-refractivity contribution < 1.29 is 4.79 Å². The highest BCUT2D eigenvalue weighted by Gasteiger charge is 2.17. The van der Waals surface area contributed by atoms with Crippen LogP contribution < -0.4 is 10.9 Å². The number of anilines is 1. The van der Waals surface area contributed by atoms with E-state index >= 15 is 0 Å². The van der Waals surface area contributed by atoms with E-state index < -0.39 is 0 Å². The number of rotatable bonds is 5. The van der Waals surface area contributed by atoms with E-state index in [2.05, 4.69) is 17.4 Å². The van der Waals surface area contributed by atoms with Gasteiger partial charge >= 0.3 is 0 Å².